The van der Waals surface area contributed by atoms with Crippen LogP contribution in [0.15, 0.2) is 18.2 Å². The van der Waals surface area contributed by atoms with Crippen LogP contribution >= 0.6 is 12.2 Å². The summed E-state index contributed by atoms with van der Waals surface area (Å²) in [5, 5.41) is 3.49. The lowest BCUT2D eigenvalue weighted by Gasteiger charge is -2.16. The van der Waals surface area contributed by atoms with Crippen LogP contribution < -0.4 is 11.1 Å². The fourth-order valence-electron chi connectivity index (χ4n) is 1.75. The highest BCUT2D eigenvalue weighted by Crippen LogP contribution is 2.18. The van der Waals surface area contributed by atoms with Crippen LogP contribution in [0.3, 0.4) is 0 Å². The van der Waals surface area contributed by atoms with Gasteiger partial charge < -0.3 is 11.1 Å². The van der Waals surface area contributed by atoms with E-state index in [1.807, 2.05) is 12.1 Å². The van der Waals surface area contributed by atoms with Crippen LogP contribution in [0.5, 0.6) is 0 Å². The van der Waals surface area contributed by atoms with Gasteiger partial charge in [-0.1, -0.05) is 25.6 Å². The zero-order valence-corrected chi connectivity index (χ0v) is 11.0. The van der Waals surface area contributed by atoms with E-state index in [-0.39, 0.29) is 0 Å². The molecule has 0 aliphatic rings. The molecule has 3 heteroatoms. The Morgan fingerprint density at radius 2 is 2.19 bits per heavy atom. The van der Waals surface area contributed by atoms with Crippen molar-refractivity contribution in [1.29, 1.82) is 0 Å². The van der Waals surface area contributed by atoms with Crippen LogP contribution in [0.2, 0.25) is 0 Å². The summed E-state index contributed by atoms with van der Waals surface area (Å²) >= 11 is 4.95. The molecule has 2 nitrogen and oxygen atoms in total. The molecule has 16 heavy (non-hydrogen) atoms. The molecular formula is C13H20N2S. The average molecular weight is 236 g/mol. The molecule has 0 saturated carbocycles. The Hall–Kier alpha value is -1.09. The lowest BCUT2D eigenvalue weighted by Crippen LogP contribution is -2.16. The number of nitrogens with two attached hydrogens (primary N) is 1. The zero-order valence-electron chi connectivity index (χ0n) is 10.2. The summed E-state index contributed by atoms with van der Waals surface area (Å²) in [6.07, 6.45) is 2.37. The Morgan fingerprint density at radius 1 is 1.50 bits per heavy atom. The van der Waals surface area contributed by atoms with Crippen LogP contribution in [0.1, 0.15) is 37.8 Å². The van der Waals surface area contributed by atoms with E-state index >= 15 is 0 Å². The molecule has 3 N–H and O–H groups in total. The highest BCUT2D eigenvalue weighted by molar-refractivity contribution is 7.80. The van der Waals surface area contributed by atoms with Gasteiger partial charge >= 0.3 is 0 Å². The molecule has 1 aromatic rings. The second kappa shape index (κ2) is 5.85. The van der Waals surface area contributed by atoms with Crippen LogP contribution in [0, 0.1) is 6.92 Å². The summed E-state index contributed by atoms with van der Waals surface area (Å²) in [5.74, 6) is 0. The fraction of sp³-hybridized carbons (Fsp3) is 0.462. The first-order chi connectivity index (χ1) is 7.54. The second-order valence-electron chi connectivity index (χ2n) is 4.23. The van der Waals surface area contributed by atoms with E-state index in [9.17, 15) is 0 Å². The van der Waals surface area contributed by atoms with Crippen molar-refractivity contribution < 1.29 is 0 Å². The van der Waals surface area contributed by atoms with Crippen LogP contribution in [-0.2, 0) is 0 Å². The van der Waals surface area contributed by atoms with Gasteiger partial charge in [0.05, 0.1) is 0 Å². The smallest absolute Gasteiger partial charge is 0.103 e. The summed E-state index contributed by atoms with van der Waals surface area (Å²) in [6, 6.07) is 6.55. The number of anilines is 1. The van der Waals surface area contributed by atoms with Crippen molar-refractivity contribution in [2.45, 2.75) is 39.7 Å². The van der Waals surface area contributed by atoms with Gasteiger partial charge in [0.25, 0.3) is 0 Å². The molecule has 0 bridgehead atoms. The minimum atomic E-state index is 0.455. The monoisotopic (exact) mass is 236 g/mol. The number of rotatable bonds is 5. The van der Waals surface area contributed by atoms with Crippen LogP contribution in [-0.4, -0.2) is 11.0 Å². The molecule has 1 aromatic carbocycles. The third-order valence-electron chi connectivity index (χ3n) is 2.63. The molecule has 0 radical (unpaired) electrons. The van der Waals surface area contributed by atoms with Crippen LogP contribution in [0.4, 0.5) is 5.69 Å². The standard InChI is InChI=1S/C13H20N2S/c1-4-5-10(3)15-12-7-6-11(13(14)16)8-9(12)2/h6-8,10,15H,4-5H2,1-3H3,(H2,14,16). The Bertz CT molecular complexity index is 374. The Balaban J connectivity index is 2.79. The Labute approximate surface area is 103 Å². The summed E-state index contributed by atoms with van der Waals surface area (Å²) < 4.78 is 0. The Morgan fingerprint density at radius 3 is 2.69 bits per heavy atom. The summed E-state index contributed by atoms with van der Waals surface area (Å²) in [7, 11) is 0. The first-order valence-electron chi connectivity index (χ1n) is 5.71. The van der Waals surface area contributed by atoms with E-state index in [0.29, 0.717) is 11.0 Å². The van der Waals surface area contributed by atoms with Gasteiger partial charge in [0, 0.05) is 17.3 Å². The average Bonchev–Trinajstić information content (AvgIpc) is 2.21. The first kappa shape index (κ1) is 13.0. The molecule has 1 unspecified atom stereocenters. The van der Waals surface area contributed by atoms with Gasteiger partial charge in [-0.05, 0) is 44.0 Å². The lowest BCUT2D eigenvalue weighted by atomic mass is 10.1. The van der Waals surface area contributed by atoms with E-state index in [0.717, 1.165) is 5.56 Å². The largest absolute Gasteiger partial charge is 0.389 e. The number of nitrogens with one attached hydrogen (secondary N) is 1. The van der Waals surface area contributed by atoms with Crippen molar-refractivity contribution in [2.24, 2.45) is 5.73 Å². The van der Waals surface area contributed by atoms with Gasteiger partial charge in [-0.2, -0.15) is 0 Å². The maximum atomic E-state index is 5.59. The fourth-order valence-corrected chi connectivity index (χ4v) is 1.88. The van der Waals surface area contributed by atoms with Crippen molar-refractivity contribution in [2.75, 3.05) is 5.32 Å². The SMILES string of the molecule is CCCC(C)Nc1ccc(C(N)=S)cc1C. The van der Waals surface area contributed by atoms with E-state index in [1.165, 1.54) is 24.1 Å². The predicted molar refractivity (Wildman–Crippen MR) is 75.1 cm³/mol. The molecule has 0 amide bonds. The molecule has 1 atom stereocenters. The molecule has 0 saturated heterocycles. The van der Waals surface area contributed by atoms with E-state index < -0.39 is 0 Å². The topological polar surface area (TPSA) is 38.0 Å². The minimum absolute atomic E-state index is 0.455. The maximum Gasteiger partial charge on any atom is 0.103 e. The molecule has 0 aromatic heterocycles. The number of benzene rings is 1. The third kappa shape index (κ3) is 3.49. The van der Waals surface area contributed by atoms with Gasteiger partial charge in [-0.15, -0.1) is 0 Å². The molecule has 0 fully saturated rings. The summed E-state index contributed by atoms with van der Waals surface area (Å²) in [5.41, 5.74) is 8.88. The third-order valence-corrected chi connectivity index (χ3v) is 2.87. The lowest BCUT2D eigenvalue weighted by molar-refractivity contribution is 0.690. The van der Waals surface area contributed by atoms with Crippen molar-refractivity contribution in [3.8, 4) is 0 Å². The van der Waals surface area contributed by atoms with Crippen LogP contribution in [0.25, 0.3) is 0 Å². The van der Waals surface area contributed by atoms with Crippen molar-refractivity contribution in [3.05, 3.63) is 29.3 Å². The number of hydrogen-bond donors (Lipinski definition) is 2. The highest BCUT2D eigenvalue weighted by Gasteiger charge is 2.05. The van der Waals surface area contributed by atoms with E-state index in [1.54, 1.807) is 0 Å². The molecular weight excluding hydrogens is 216 g/mol. The maximum absolute atomic E-state index is 5.59. The van der Waals surface area contributed by atoms with Crippen molar-refractivity contribution in [1.82, 2.24) is 0 Å². The normalized spacial score (nSPS) is 12.2. The number of thiocarbonyl (C=S) groups is 1. The molecule has 1 rings (SSSR count). The quantitative estimate of drug-likeness (QED) is 0.771. The Kier molecular flexibility index (Phi) is 4.74. The minimum Gasteiger partial charge on any atom is -0.389 e. The van der Waals surface area contributed by atoms with E-state index in [2.05, 4.69) is 32.2 Å². The number of aryl methyl sites for hydroxylation is 1. The second-order valence-corrected chi connectivity index (χ2v) is 4.67. The van der Waals surface area contributed by atoms with Crippen molar-refractivity contribution >= 4 is 22.9 Å². The first-order valence-corrected chi connectivity index (χ1v) is 6.12. The summed E-state index contributed by atoms with van der Waals surface area (Å²) in [4.78, 5) is 0.455. The van der Waals surface area contributed by atoms with Crippen molar-refractivity contribution in [3.63, 3.8) is 0 Å². The molecule has 88 valence electrons. The predicted octanol–water partition coefficient (Wildman–Crippen LogP) is 3.23. The van der Waals surface area contributed by atoms with Gasteiger partial charge in [-0.25, -0.2) is 0 Å². The number of hydrogen-bond acceptors (Lipinski definition) is 2. The molecule has 0 heterocycles. The summed E-state index contributed by atoms with van der Waals surface area (Å²) in [6.45, 7) is 6.47. The van der Waals surface area contributed by atoms with Gasteiger partial charge in [0.2, 0.25) is 0 Å². The molecule has 0 spiro atoms. The van der Waals surface area contributed by atoms with E-state index in [4.69, 9.17) is 18.0 Å². The van der Waals surface area contributed by atoms with Gasteiger partial charge in [0.15, 0.2) is 0 Å². The molecule has 0 aliphatic heterocycles. The molecule has 0 aliphatic carbocycles. The highest BCUT2D eigenvalue weighted by atomic mass is 32.1. The van der Waals surface area contributed by atoms with Gasteiger partial charge in [-0.3, -0.25) is 0 Å². The zero-order chi connectivity index (χ0) is 12.1. The van der Waals surface area contributed by atoms with Gasteiger partial charge in [0.1, 0.15) is 4.99 Å².